The first-order chi connectivity index (χ1) is 11.0. The van der Waals surface area contributed by atoms with E-state index in [9.17, 15) is 0 Å². The van der Waals surface area contributed by atoms with Crippen molar-refractivity contribution in [3.05, 3.63) is 47.0 Å². The number of rotatable bonds is 8. The summed E-state index contributed by atoms with van der Waals surface area (Å²) < 4.78 is 5.89. The monoisotopic (exact) mass is 314 g/mol. The number of hydrogen-bond acceptors (Lipinski definition) is 1. The largest absolute Gasteiger partial charge is 0.381 e. The first kappa shape index (κ1) is 18.3. The number of hydrogen-bond donors (Lipinski definition) is 0. The van der Waals surface area contributed by atoms with Crippen LogP contribution in [0, 0.1) is 11.3 Å². The Morgan fingerprint density at radius 1 is 1.13 bits per heavy atom. The van der Waals surface area contributed by atoms with Crippen molar-refractivity contribution in [3.63, 3.8) is 0 Å². The lowest BCUT2D eigenvalue weighted by atomic mass is 9.72. The molecule has 1 atom stereocenters. The summed E-state index contributed by atoms with van der Waals surface area (Å²) in [6.07, 6.45) is 7.57. The van der Waals surface area contributed by atoms with Gasteiger partial charge < -0.3 is 4.74 Å². The molecule has 0 aromatic heterocycles. The highest BCUT2D eigenvalue weighted by Gasteiger charge is 2.26. The molecule has 1 aliphatic rings. The second-order valence-corrected chi connectivity index (χ2v) is 7.92. The van der Waals surface area contributed by atoms with Crippen molar-refractivity contribution in [2.45, 2.75) is 66.2 Å². The summed E-state index contributed by atoms with van der Waals surface area (Å²) in [4.78, 5) is 0. The molecule has 0 aliphatic heterocycles. The van der Waals surface area contributed by atoms with Gasteiger partial charge in [0.1, 0.15) is 0 Å². The highest BCUT2D eigenvalue weighted by Crippen LogP contribution is 2.41. The van der Waals surface area contributed by atoms with E-state index in [4.69, 9.17) is 4.74 Å². The van der Waals surface area contributed by atoms with Gasteiger partial charge in [0.25, 0.3) is 0 Å². The van der Waals surface area contributed by atoms with Crippen LogP contribution in [0.4, 0.5) is 0 Å². The van der Waals surface area contributed by atoms with Gasteiger partial charge in [0.2, 0.25) is 0 Å². The van der Waals surface area contributed by atoms with Crippen LogP contribution in [-0.4, -0.2) is 13.2 Å². The van der Waals surface area contributed by atoms with Crippen LogP contribution in [0.3, 0.4) is 0 Å². The molecule has 1 aliphatic carbocycles. The molecule has 1 aromatic rings. The molecule has 0 bridgehead atoms. The highest BCUT2D eigenvalue weighted by atomic mass is 16.5. The van der Waals surface area contributed by atoms with E-state index >= 15 is 0 Å². The van der Waals surface area contributed by atoms with Crippen molar-refractivity contribution in [3.8, 4) is 0 Å². The molecule has 1 heteroatoms. The lowest BCUT2D eigenvalue weighted by Crippen LogP contribution is -2.19. The van der Waals surface area contributed by atoms with E-state index in [1.54, 1.807) is 11.1 Å². The minimum Gasteiger partial charge on any atom is -0.381 e. The van der Waals surface area contributed by atoms with Gasteiger partial charge in [0.05, 0.1) is 6.61 Å². The molecule has 0 spiro atoms. The zero-order chi connectivity index (χ0) is 16.7. The molecule has 2 rings (SSSR count). The quantitative estimate of drug-likeness (QED) is 0.410. The second-order valence-electron chi connectivity index (χ2n) is 7.92. The van der Waals surface area contributed by atoms with E-state index in [1.807, 2.05) is 0 Å². The van der Waals surface area contributed by atoms with Gasteiger partial charge >= 0.3 is 0 Å². The zero-order valence-electron chi connectivity index (χ0n) is 15.5. The van der Waals surface area contributed by atoms with Gasteiger partial charge in [0.15, 0.2) is 0 Å². The average Bonchev–Trinajstić information content (AvgIpc) is 2.54. The lowest BCUT2D eigenvalue weighted by molar-refractivity contribution is 0.104. The third-order valence-electron chi connectivity index (χ3n) is 5.55. The van der Waals surface area contributed by atoms with Crippen LogP contribution in [0.1, 0.15) is 65.4 Å². The molecule has 23 heavy (non-hydrogen) atoms. The summed E-state index contributed by atoms with van der Waals surface area (Å²) in [5.74, 6) is 0.649. The van der Waals surface area contributed by atoms with Gasteiger partial charge in [-0.25, -0.2) is 0 Å². The molecule has 0 saturated carbocycles. The van der Waals surface area contributed by atoms with Gasteiger partial charge in [-0.1, -0.05) is 62.2 Å². The maximum atomic E-state index is 5.89. The van der Waals surface area contributed by atoms with E-state index in [0.29, 0.717) is 11.3 Å². The van der Waals surface area contributed by atoms with Gasteiger partial charge in [0, 0.05) is 6.61 Å². The van der Waals surface area contributed by atoms with Crippen molar-refractivity contribution < 1.29 is 4.74 Å². The molecule has 128 valence electrons. The molecule has 0 amide bonds. The molecule has 1 nitrogen and oxygen atoms in total. The summed E-state index contributed by atoms with van der Waals surface area (Å²) in [5.41, 5.74) is 5.16. The summed E-state index contributed by atoms with van der Waals surface area (Å²) in [5, 5.41) is 0. The fourth-order valence-electron chi connectivity index (χ4n) is 3.53. The Labute approximate surface area is 143 Å². The van der Waals surface area contributed by atoms with E-state index in [2.05, 4.69) is 58.0 Å². The normalized spacial score (nSPS) is 19.0. The predicted octanol–water partition coefficient (Wildman–Crippen LogP) is 6.19. The average molecular weight is 315 g/mol. The Bertz CT molecular complexity index is 498. The van der Waals surface area contributed by atoms with Crippen LogP contribution in [-0.2, 0) is 11.2 Å². The van der Waals surface area contributed by atoms with Gasteiger partial charge in [-0.3, -0.25) is 0 Å². The van der Waals surface area contributed by atoms with Crippen LogP contribution in [0.2, 0.25) is 0 Å². The molecule has 1 aromatic carbocycles. The van der Waals surface area contributed by atoms with E-state index in [1.165, 1.54) is 37.7 Å². The summed E-state index contributed by atoms with van der Waals surface area (Å²) in [6.45, 7) is 11.2. The fraction of sp³-hybridized carbons (Fsp3) is 0.636. The van der Waals surface area contributed by atoms with Crippen LogP contribution < -0.4 is 0 Å². The molecular formula is C22H34O. The van der Waals surface area contributed by atoms with Gasteiger partial charge in [-0.15, -0.1) is 0 Å². The van der Waals surface area contributed by atoms with E-state index < -0.39 is 0 Å². The number of benzene rings is 1. The van der Waals surface area contributed by atoms with Crippen molar-refractivity contribution >= 4 is 0 Å². The molecule has 0 radical (unpaired) electrons. The minimum absolute atomic E-state index is 0.420. The van der Waals surface area contributed by atoms with Crippen LogP contribution >= 0.6 is 0 Å². The summed E-state index contributed by atoms with van der Waals surface area (Å²) >= 11 is 0. The number of allylic oxidation sites excluding steroid dienone is 2. The zero-order valence-corrected chi connectivity index (χ0v) is 15.5. The van der Waals surface area contributed by atoms with Crippen LogP contribution in [0.15, 0.2) is 41.5 Å². The first-order valence-electron chi connectivity index (χ1n) is 9.30. The molecule has 1 unspecified atom stereocenters. The Morgan fingerprint density at radius 2 is 1.87 bits per heavy atom. The molecule has 0 fully saturated rings. The van der Waals surface area contributed by atoms with Crippen LogP contribution in [0.25, 0.3) is 0 Å². The minimum atomic E-state index is 0.420. The summed E-state index contributed by atoms with van der Waals surface area (Å²) in [6, 6.07) is 10.6. The molecule has 0 saturated heterocycles. The maximum Gasteiger partial charge on any atom is 0.0506 e. The van der Waals surface area contributed by atoms with Gasteiger partial charge in [-0.2, -0.15) is 0 Å². The van der Waals surface area contributed by atoms with Crippen molar-refractivity contribution in [1.82, 2.24) is 0 Å². The summed E-state index contributed by atoms with van der Waals surface area (Å²) in [7, 11) is 0. The standard InChI is InChI=1S/C22H34O/c1-18(17-23-16-14-20-9-6-5-7-10-20)12-13-21-11-8-15-22(3,4)19(21)2/h5-7,9-10,18H,8,11-17H2,1-4H3. The van der Waals surface area contributed by atoms with E-state index in [0.717, 1.165) is 19.6 Å². The Morgan fingerprint density at radius 3 is 2.61 bits per heavy atom. The smallest absolute Gasteiger partial charge is 0.0506 e. The van der Waals surface area contributed by atoms with Crippen molar-refractivity contribution in [2.75, 3.05) is 13.2 Å². The van der Waals surface area contributed by atoms with E-state index in [-0.39, 0.29) is 0 Å². The molecule has 0 heterocycles. The SMILES string of the molecule is CC1=C(CCC(C)COCCc2ccccc2)CCCC1(C)C. The van der Waals surface area contributed by atoms with Crippen molar-refractivity contribution in [2.24, 2.45) is 11.3 Å². The Hall–Kier alpha value is -1.08. The number of ether oxygens (including phenoxy) is 1. The third-order valence-corrected chi connectivity index (χ3v) is 5.55. The predicted molar refractivity (Wildman–Crippen MR) is 99.7 cm³/mol. The van der Waals surface area contributed by atoms with Crippen LogP contribution in [0.5, 0.6) is 0 Å². The Kier molecular flexibility index (Phi) is 6.89. The third kappa shape index (κ3) is 5.80. The topological polar surface area (TPSA) is 9.23 Å². The molecular weight excluding hydrogens is 280 g/mol. The fourth-order valence-corrected chi connectivity index (χ4v) is 3.53. The maximum absolute atomic E-state index is 5.89. The lowest BCUT2D eigenvalue weighted by Gasteiger charge is -2.34. The van der Waals surface area contributed by atoms with Gasteiger partial charge in [-0.05, 0) is 62.3 Å². The second kappa shape index (κ2) is 8.68. The first-order valence-corrected chi connectivity index (χ1v) is 9.30. The highest BCUT2D eigenvalue weighted by molar-refractivity contribution is 5.21. The Balaban J connectivity index is 1.66. The van der Waals surface area contributed by atoms with Crippen molar-refractivity contribution in [1.29, 1.82) is 0 Å². The molecule has 0 N–H and O–H groups in total.